The second-order valence-corrected chi connectivity index (χ2v) is 3.49. The van der Waals surface area contributed by atoms with E-state index in [9.17, 15) is 0 Å². The summed E-state index contributed by atoms with van der Waals surface area (Å²) in [7, 11) is -0.771. The number of rotatable bonds is 1. The number of hydrogen-bond donors (Lipinski definition) is 1. The molecule has 2 heteroatoms. The molecule has 1 aliphatic rings. The summed E-state index contributed by atoms with van der Waals surface area (Å²) < 4.78 is 0. The van der Waals surface area contributed by atoms with Crippen LogP contribution in [0.2, 0.25) is 0 Å². The van der Waals surface area contributed by atoms with E-state index in [1.165, 1.54) is 30.9 Å². The first-order valence-corrected chi connectivity index (χ1v) is 4.56. The van der Waals surface area contributed by atoms with Gasteiger partial charge in [0.1, 0.15) is 0 Å². The molecule has 0 spiro atoms. The second kappa shape index (κ2) is 3.05. The summed E-state index contributed by atoms with van der Waals surface area (Å²) in [6.07, 6.45) is 7.25. The lowest BCUT2D eigenvalue weighted by molar-refractivity contribution is 0.600. The van der Waals surface area contributed by atoms with Gasteiger partial charge in [-0.2, -0.15) is 0 Å². The van der Waals surface area contributed by atoms with Gasteiger partial charge in [-0.1, -0.05) is 11.3 Å². The van der Waals surface area contributed by atoms with Crippen molar-refractivity contribution in [3.05, 3.63) is 11.3 Å². The Balaban J connectivity index is 2.37. The Kier molecular flexibility index (Phi) is 2.30. The zero-order chi connectivity index (χ0) is 5.82. The quantitative estimate of drug-likeness (QED) is 0.510. The Morgan fingerprint density at radius 3 is 2.75 bits per heavy atom. The molecule has 0 unspecified atom stereocenters. The fraction of sp³-hybridized carbons (Fsp3) is 0.667. The highest BCUT2D eigenvalue weighted by Gasteiger charge is 2.00. The molecule has 0 saturated carbocycles. The van der Waals surface area contributed by atoms with Gasteiger partial charge in [-0.15, -0.1) is 0 Å². The summed E-state index contributed by atoms with van der Waals surface area (Å²) in [5.41, 5.74) is 0. The van der Waals surface area contributed by atoms with Crippen LogP contribution in [-0.4, -0.2) is 14.6 Å². The molecule has 1 rings (SSSR count). The van der Waals surface area contributed by atoms with Crippen LogP contribution in [-0.2, 0) is 0 Å². The molecule has 1 N–H and O–H groups in total. The molecular formula is C6H12OSi. The summed E-state index contributed by atoms with van der Waals surface area (Å²) in [4.78, 5) is 8.76. The molecule has 0 aliphatic heterocycles. The molecule has 0 radical (unpaired) electrons. The minimum atomic E-state index is -0.771. The monoisotopic (exact) mass is 128 g/mol. The predicted octanol–water partition coefficient (Wildman–Crippen LogP) is 0.520. The van der Waals surface area contributed by atoms with Crippen molar-refractivity contribution < 1.29 is 4.80 Å². The highest BCUT2D eigenvalue weighted by atomic mass is 28.2. The molecule has 0 amide bonds. The number of allylic oxidation sites excluding steroid dienone is 2. The van der Waals surface area contributed by atoms with Gasteiger partial charge in [0.05, 0.1) is 0 Å². The smallest absolute Gasteiger partial charge is 0.183 e. The van der Waals surface area contributed by atoms with E-state index in [0.717, 1.165) is 0 Å². The standard InChI is InChI=1S/C6H12OSi/c7-8-6-4-2-1-3-5-6/h4,7H,1-3,5,8H2. The van der Waals surface area contributed by atoms with Gasteiger partial charge in [0.25, 0.3) is 0 Å². The maximum absolute atomic E-state index is 8.76. The topological polar surface area (TPSA) is 20.2 Å². The van der Waals surface area contributed by atoms with E-state index < -0.39 is 9.76 Å². The van der Waals surface area contributed by atoms with Gasteiger partial charge in [0, 0.05) is 0 Å². The van der Waals surface area contributed by atoms with Crippen LogP contribution in [0.4, 0.5) is 0 Å². The van der Waals surface area contributed by atoms with Crippen LogP contribution in [0.5, 0.6) is 0 Å². The van der Waals surface area contributed by atoms with E-state index in [1.807, 2.05) is 0 Å². The molecule has 1 aliphatic carbocycles. The van der Waals surface area contributed by atoms with E-state index in [4.69, 9.17) is 4.80 Å². The van der Waals surface area contributed by atoms with Gasteiger partial charge in [0.15, 0.2) is 9.76 Å². The second-order valence-electron chi connectivity index (χ2n) is 2.27. The lowest BCUT2D eigenvalue weighted by atomic mass is 10.1. The summed E-state index contributed by atoms with van der Waals surface area (Å²) in [5.74, 6) is 0. The van der Waals surface area contributed by atoms with E-state index in [-0.39, 0.29) is 0 Å². The summed E-state index contributed by atoms with van der Waals surface area (Å²) in [6.45, 7) is 0. The maximum Gasteiger partial charge on any atom is 0.183 e. The van der Waals surface area contributed by atoms with Crippen molar-refractivity contribution in [2.45, 2.75) is 25.7 Å². The maximum atomic E-state index is 8.76. The molecule has 46 valence electrons. The largest absolute Gasteiger partial charge is 0.434 e. The van der Waals surface area contributed by atoms with Crippen molar-refractivity contribution in [3.63, 3.8) is 0 Å². The van der Waals surface area contributed by atoms with Crippen molar-refractivity contribution in [1.29, 1.82) is 0 Å². The predicted molar refractivity (Wildman–Crippen MR) is 37.3 cm³/mol. The Bertz CT molecular complexity index is 98.7. The molecule has 0 bridgehead atoms. The lowest BCUT2D eigenvalue weighted by Gasteiger charge is -2.07. The average Bonchev–Trinajstić information content (AvgIpc) is 1.90. The van der Waals surface area contributed by atoms with Crippen LogP contribution >= 0.6 is 0 Å². The minimum absolute atomic E-state index is 0.771. The molecular weight excluding hydrogens is 116 g/mol. The normalized spacial score (nSPS) is 21.9. The third-order valence-corrected chi connectivity index (χ3v) is 2.64. The Morgan fingerprint density at radius 1 is 1.50 bits per heavy atom. The van der Waals surface area contributed by atoms with Gasteiger partial charge in [-0.25, -0.2) is 0 Å². The SMILES string of the molecule is O[SiH2]C1=CCCCC1. The first kappa shape index (κ1) is 6.04. The molecule has 0 atom stereocenters. The fourth-order valence-electron chi connectivity index (χ4n) is 1.05. The Labute approximate surface area is 52.4 Å². The molecule has 8 heavy (non-hydrogen) atoms. The lowest BCUT2D eigenvalue weighted by Crippen LogP contribution is -1.98. The van der Waals surface area contributed by atoms with Crippen molar-refractivity contribution in [1.82, 2.24) is 0 Å². The van der Waals surface area contributed by atoms with E-state index in [0.29, 0.717) is 0 Å². The van der Waals surface area contributed by atoms with E-state index in [2.05, 4.69) is 6.08 Å². The highest BCUT2D eigenvalue weighted by molar-refractivity contribution is 6.36. The molecule has 0 aromatic rings. The van der Waals surface area contributed by atoms with Crippen LogP contribution < -0.4 is 0 Å². The van der Waals surface area contributed by atoms with Gasteiger partial charge < -0.3 is 4.80 Å². The minimum Gasteiger partial charge on any atom is -0.434 e. The van der Waals surface area contributed by atoms with Gasteiger partial charge in [-0.05, 0) is 25.7 Å². The van der Waals surface area contributed by atoms with Gasteiger partial charge in [0.2, 0.25) is 0 Å². The van der Waals surface area contributed by atoms with Crippen molar-refractivity contribution >= 4 is 9.76 Å². The average molecular weight is 128 g/mol. The Morgan fingerprint density at radius 2 is 2.38 bits per heavy atom. The van der Waals surface area contributed by atoms with Gasteiger partial charge in [-0.3, -0.25) is 0 Å². The first-order chi connectivity index (χ1) is 3.93. The van der Waals surface area contributed by atoms with Crippen LogP contribution in [0.15, 0.2) is 11.3 Å². The van der Waals surface area contributed by atoms with Crippen LogP contribution in [0.3, 0.4) is 0 Å². The fourth-order valence-corrected chi connectivity index (χ4v) is 1.79. The van der Waals surface area contributed by atoms with Gasteiger partial charge >= 0.3 is 0 Å². The highest BCUT2D eigenvalue weighted by Crippen LogP contribution is 2.14. The van der Waals surface area contributed by atoms with E-state index >= 15 is 0 Å². The van der Waals surface area contributed by atoms with Crippen molar-refractivity contribution in [2.24, 2.45) is 0 Å². The first-order valence-electron chi connectivity index (χ1n) is 3.22. The summed E-state index contributed by atoms with van der Waals surface area (Å²) >= 11 is 0. The molecule has 0 aromatic heterocycles. The molecule has 0 fully saturated rings. The third kappa shape index (κ3) is 1.45. The molecule has 0 heterocycles. The van der Waals surface area contributed by atoms with E-state index in [1.54, 1.807) is 0 Å². The number of hydrogen-bond acceptors (Lipinski definition) is 1. The van der Waals surface area contributed by atoms with Crippen LogP contribution in [0, 0.1) is 0 Å². The summed E-state index contributed by atoms with van der Waals surface area (Å²) in [5, 5.41) is 1.37. The molecule has 1 nitrogen and oxygen atoms in total. The Hall–Kier alpha value is -0.0831. The summed E-state index contributed by atoms with van der Waals surface area (Å²) in [6, 6.07) is 0. The van der Waals surface area contributed by atoms with Crippen LogP contribution in [0.1, 0.15) is 25.7 Å². The zero-order valence-corrected chi connectivity index (χ0v) is 6.47. The molecule has 0 saturated heterocycles. The van der Waals surface area contributed by atoms with Crippen LogP contribution in [0.25, 0.3) is 0 Å². The molecule has 0 aromatic carbocycles. The van der Waals surface area contributed by atoms with Crippen molar-refractivity contribution in [3.8, 4) is 0 Å². The third-order valence-electron chi connectivity index (χ3n) is 1.59. The van der Waals surface area contributed by atoms with Crippen molar-refractivity contribution in [2.75, 3.05) is 0 Å². The zero-order valence-electron chi connectivity index (χ0n) is 5.06.